The lowest BCUT2D eigenvalue weighted by Gasteiger charge is -2.16. The third kappa shape index (κ3) is 3.86. The van der Waals surface area contributed by atoms with Crippen molar-refractivity contribution in [2.45, 2.75) is 5.92 Å². The average molecular weight is 347 g/mol. The molecule has 0 radical (unpaired) electrons. The summed E-state index contributed by atoms with van der Waals surface area (Å²) in [5, 5.41) is 10.2. The van der Waals surface area contributed by atoms with E-state index in [9.17, 15) is 9.90 Å². The Kier molecular flexibility index (Phi) is 5.33. The van der Waals surface area contributed by atoms with Gasteiger partial charge in [0.1, 0.15) is 5.75 Å². The molecule has 1 fully saturated rings. The van der Waals surface area contributed by atoms with Gasteiger partial charge >= 0.3 is 0 Å². The van der Waals surface area contributed by atoms with E-state index in [2.05, 4.69) is 4.98 Å². The second kappa shape index (κ2) is 7.64. The molecule has 2 aromatic rings. The summed E-state index contributed by atoms with van der Waals surface area (Å²) in [5.41, 5.74) is 0.908. The van der Waals surface area contributed by atoms with Crippen LogP contribution >= 0.6 is 11.6 Å². The summed E-state index contributed by atoms with van der Waals surface area (Å²) < 4.78 is 5.52. The number of halogens is 1. The van der Waals surface area contributed by atoms with Crippen molar-refractivity contribution in [3.63, 3.8) is 0 Å². The predicted octanol–water partition coefficient (Wildman–Crippen LogP) is 2.35. The normalized spacial score (nSPS) is 20.2. The van der Waals surface area contributed by atoms with Crippen LogP contribution in [0.25, 0.3) is 0 Å². The maximum absolute atomic E-state index is 12.4. The number of amides is 1. The van der Waals surface area contributed by atoms with Crippen LogP contribution in [0.5, 0.6) is 5.75 Å². The first kappa shape index (κ1) is 16.7. The number of rotatable bonds is 5. The number of pyridine rings is 1. The SMILES string of the molecule is O=C(COc1ccc(Cl)cc1)N1C[C@@H](CO)[C@H](c2ccccn2)C1. The van der Waals surface area contributed by atoms with Crippen LogP contribution in [0.3, 0.4) is 0 Å². The van der Waals surface area contributed by atoms with Crippen molar-refractivity contribution in [2.75, 3.05) is 26.3 Å². The number of hydrogen-bond acceptors (Lipinski definition) is 4. The maximum Gasteiger partial charge on any atom is 0.260 e. The minimum atomic E-state index is -0.0955. The smallest absolute Gasteiger partial charge is 0.260 e. The first-order valence-electron chi connectivity index (χ1n) is 7.85. The Hall–Kier alpha value is -2.11. The van der Waals surface area contributed by atoms with Gasteiger partial charge in [0, 0.05) is 48.4 Å². The van der Waals surface area contributed by atoms with Gasteiger partial charge in [0.15, 0.2) is 6.61 Å². The monoisotopic (exact) mass is 346 g/mol. The van der Waals surface area contributed by atoms with Crippen LogP contribution in [0.2, 0.25) is 5.02 Å². The lowest BCUT2D eigenvalue weighted by molar-refractivity contribution is -0.132. The average Bonchev–Trinajstić information content (AvgIpc) is 3.06. The van der Waals surface area contributed by atoms with Crippen LogP contribution in [0, 0.1) is 5.92 Å². The van der Waals surface area contributed by atoms with E-state index in [0.29, 0.717) is 23.9 Å². The molecule has 1 N–H and O–H groups in total. The summed E-state index contributed by atoms with van der Waals surface area (Å²) in [6.45, 7) is 1.06. The van der Waals surface area contributed by atoms with Crippen molar-refractivity contribution in [1.82, 2.24) is 9.88 Å². The largest absolute Gasteiger partial charge is 0.484 e. The first-order valence-corrected chi connectivity index (χ1v) is 8.23. The molecule has 126 valence electrons. The zero-order valence-electron chi connectivity index (χ0n) is 13.1. The summed E-state index contributed by atoms with van der Waals surface area (Å²) in [6.07, 6.45) is 1.73. The quantitative estimate of drug-likeness (QED) is 0.902. The fourth-order valence-corrected chi connectivity index (χ4v) is 3.08. The topological polar surface area (TPSA) is 62.7 Å². The maximum atomic E-state index is 12.4. The van der Waals surface area contributed by atoms with E-state index in [1.165, 1.54) is 0 Å². The molecule has 0 saturated carbocycles. The van der Waals surface area contributed by atoms with Gasteiger partial charge in [0.2, 0.25) is 0 Å². The molecule has 1 amide bonds. The fourth-order valence-electron chi connectivity index (χ4n) is 2.96. The van der Waals surface area contributed by atoms with Crippen LogP contribution in [-0.4, -0.2) is 47.2 Å². The second-order valence-electron chi connectivity index (χ2n) is 5.85. The number of carbonyl (C=O) groups is 1. The first-order chi connectivity index (χ1) is 11.7. The highest BCUT2D eigenvalue weighted by molar-refractivity contribution is 6.30. The van der Waals surface area contributed by atoms with E-state index in [1.807, 2.05) is 18.2 Å². The van der Waals surface area contributed by atoms with E-state index < -0.39 is 0 Å². The Bertz CT molecular complexity index is 678. The number of likely N-dealkylation sites (tertiary alicyclic amines) is 1. The van der Waals surface area contributed by atoms with Gasteiger partial charge in [0.05, 0.1) is 0 Å². The molecule has 2 atom stereocenters. The van der Waals surface area contributed by atoms with Crippen LogP contribution in [0.4, 0.5) is 0 Å². The van der Waals surface area contributed by atoms with E-state index in [1.54, 1.807) is 35.4 Å². The van der Waals surface area contributed by atoms with Gasteiger partial charge in [-0.25, -0.2) is 0 Å². The van der Waals surface area contributed by atoms with Gasteiger partial charge < -0.3 is 14.7 Å². The minimum absolute atomic E-state index is 0.000572. The molecule has 24 heavy (non-hydrogen) atoms. The summed E-state index contributed by atoms with van der Waals surface area (Å²) >= 11 is 5.82. The third-order valence-electron chi connectivity index (χ3n) is 4.27. The number of aliphatic hydroxyl groups excluding tert-OH is 1. The molecule has 1 aromatic carbocycles. The standard InChI is InChI=1S/C18H19ClN2O3/c19-14-4-6-15(7-5-14)24-12-18(23)21-9-13(11-22)16(10-21)17-3-1-2-8-20-17/h1-8,13,16,22H,9-12H2/t13-,16+/m0/s1. The number of aromatic nitrogens is 1. The van der Waals surface area contributed by atoms with Gasteiger partial charge in [-0.05, 0) is 36.4 Å². The van der Waals surface area contributed by atoms with Crippen molar-refractivity contribution in [3.05, 3.63) is 59.4 Å². The number of hydrogen-bond donors (Lipinski definition) is 1. The molecule has 0 aliphatic carbocycles. The molecule has 1 aliphatic heterocycles. The molecule has 5 nitrogen and oxygen atoms in total. The highest BCUT2D eigenvalue weighted by atomic mass is 35.5. The molecule has 3 rings (SSSR count). The number of nitrogens with zero attached hydrogens (tertiary/aromatic N) is 2. The van der Waals surface area contributed by atoms with Crippen LogP contribution in [0.15, 0.2) is 48.7 Å². The molecule has 1 aromatic heterocycles. The highest BCUT2D eigenvalue weighted by Crippen LogP contribution is 2.31. The Labute approximate surface area is 145 Å². The molecule has 0 unspecified atom stereocenters. The predicted molar refractivity (Wildman–Crippen MR) is 91.1 cm³/mol. The molecule has 2 heterocycles. The van der Waals surface area contributed by atoms with E-state index in [0.717, 1.165) is 5.69 Å². The van der Waals surface area contributed by atoms with Crippen LogP contribution < -0.4 is 4.74 Å². The Morgan fingerprint density at radius 1 is 1.25 bits per heavy atom. The lowest BCUT2D eigenvalue weighted by Crippen LogP contribution is -2.33. The summed E-state index contributed by atoms with van der Waals surface area (Å²) in [5.74, 6) is 0.559. The van der Waals surface area contributed by atoms with Gasteiger partial charge in [-0.1, -0.05) is 17.7 Å². The number of ether oxygens (including phenoxy) is 1. The van der Waals surface area contributed by atoms with Gasteiger partial charge in [-0.2, -0.15) is 0 Å². The molecule has 6 heteroatoms. The summed E-state index contributed by atoms with van der Waals surface area (Å²) in [6, 6.07) is 12.6. The lowest BCUT2D eigenvalue weighted by atomic mass is 9.93. The zero-order chi connectivity index (χ0) is 16.9. The zero-order valence-corrected chi connectivity index (χ0v) is 13.9. The Morgan fingerprint density at radius 2 is 2.04 bits per heavy atom. The van der Waals surface area contributed by atoms with Crippen LogP contribution in [0.1, 0.15) is 11.6 Å². The Morgan fingerprint density at radius 3 is 2.71 bits per heavy atom. The highest BCUT2D eigenvalue weighted by Gasteiger charge is 2.36. The van der Waals surface area contributed by atoms with E-state index in [4.69, 9.17) is 16.3 Å². The number of aliphatic hydroxyl groups is 1. The van der Waals surface area contributed by atoms with Gasteiger partial charge in [0.25, 0.3) is 5.91 Å². The van der Waals surface area contributed by atoms with Crippen molar-refractivity contribution in [3.8, 4) is 5.75 Å². The molecule has 0 bridgehead atoms. The molecular weight excluding hydrogens is 328 g/mol. The second-order valence-corrected chi connectivity index (χ2v) is 6.28. The number of carbonyl (C=O) groups excluding carboxylic acids is 1. The van der Waals surface area contributed by atoms with E-state index in [-0.39, 0.29) is 31.0 Å². The van der Waals surface area contributed by atoms with Crippen molar-refractivity contribution >= 4 is 17.5 Å². The van der Waals surface area contributed by atoms with Crippen molar-refractivity contribution in [1.29, 1.82) is 0 Å². The fraction of sp³-hybridized carbons (Fsp3) is 0.333. The minimum Gasteiger partial charge on any atom is -0.484 e. The van der Waals surface area contributed by atoms with E-state index >= 15 is 0 Å². The number of benzene rings is 1. The summed E-state index contributed by atoms with van der Waals surface area (Å²) in [4.78, 5) is 18.5. The van der Waals surface area contributed by atoms with Crippen molar-refractivity contribution in [2.24, 2.45) is 5.92 Å². The molecule has 1 aliphatic rings. The van der Waals surface area contributed by atoms with Crippen LogP contribution in [-0.2, 0) is 4.79 Å². The molecule has 0 spiro atoms. The van der Waals surface area contributed by atoms with Gasteiger partial charge in [-0.3, -0.25) is 9.78 Å². The summed E-state index contributed by atoms with van der Waals surface area (Å²) in [7, 11) is 0. The third-order valence-corrected chi connectivity index (χ3v) is 4.52. The molecular formula is C18H19ClN2O3. The van der Waals surface area contributed by atoms with Crippen molar-refractivity contribution < 1.29 is 14.6 Å². The molecule has 1 saturated heterocycles. The Balaban J connectivity index is 1.60. The van der Waals surface area contributed by atoms with Gasteiger partial charge in [-0.15, -0.1) is 0 Å².